The Labute approximate surface area is 89.2 Å². The van der Waals surface area contributed by atoms with Crippen LogP contribution in [0.4, 0.5) is 0 Å². The van der Waals surface area contributed by atoms with Crippen molar-refractivity contribution >= 4 is 5.97 Å². The van der Waals surface area contributed by atoms with E-state index in [2.05, 4.69) is 23.7 Å². The lowest BCUT2D eigenvalue weighted by molar-refractivity contribution is 0.0593. The molecule has 82 valence electrons. The minimum atomic E-state index is -0.352. The molecule has 0 aliphatic carbocycles. The maximum Gasteiger partial charge on any atom is 0.358 e. The fourth-order valence-corrected chi connectivity index (χ4v) is 1.98. The lowest BCUT2D eigenvalue weighted by Crippen LogP contribution is -2.26. The summed E-state index contributed by atoms with van der Waals surface area (Å²) in [6.45, 7) is 5.36. The number of hydrogen-bond acceptors (Lipinski definition) is 3. The van der Waals surface area contributed by atoms with Crippen molar-refractivity contribution in [2.45, 2.75) is 33.2 Å². The number of aromatic nitrogens is 2. The summed E-state index contributed by atoms with van der Waals surface area (Å²) in [6.07, 6.45) is 2.07. The summed E-state index contributed by atoms with van der Waals surface area (Å²) in [5.41, 5.74) is 1.86. The summed E-state index contributed by atoms with van der Waals surface area (Å²) in [5.74, 6) is -0.352. The molecule has 1 aromatic heterocycles. The molecule has 1 aliphatic heterocycles. The van der Waals surface area contributed by atoms with Crippen molar-refractivity contribution < 1.29 is 9.53 Å². The number of ether oxygens (including phenoxy) is 1. The number of aryl methyl sites for hydroxylation is 1. The van der Waals surface area contributed by atoms with Crippen molar-refractivity contribution in [3.05, 3.63) is 17.5 Å². The summed E-state index contributed by atoms with van der Waals surface area (Å²) in [7, 11) is 1.38. The maximum atomic E-state index is 11.3. The Morgan fingerprint density at radius 2 is 2.33 bits per heavy atom. The van der Waals surface area contributed by atoms with Crippen LogP contribution < -0.4 is 0 Å². The molecule has 0 saturated carbocycles. The summed E-state index contributed by atoms with van der Waals surface area (Å²) in [5, 5.41) is 4.23. The number of fused-ring (bicyclic) bond motifs is 1. The van der Waals surface area contributed by atoms with Crippen molar-refractivity contribution in [2.24, 2.45) is 5.41 Å². The minimum Gasteiger partial charge on any atom is -0.464 e. The number of carbonyl (C=O) groups is 1. The van der Waals surface area contributed by atoms with Crippen molar-refractivity contribution in [1.82, 2.24) is 9.78 Å². The van der Waals surface area contributed by atoms with Crippen molar-refractivity contribution in [3.8, 4) is 0 Å². The van der Waals surface area contributed by atoms with Gasteiger partial charge in [-0.15, -0.1) is 0 Å². The SMILES string of the molecule is COC(=O)c1cc2n(n1)CCC(C)(C)C2. The highest BCUT2D eigenvalue weighted by Crippen LogP contribution is 2.31. The molecular formula is C11H16N2O2. The maximum absolute atomic E-state index is 11.3. The largest absolute Gasteiger partial charge is 0.464 e. The summed E-state index contributed by atoms with van der Waals surface area (Å²) < 4.78 is 6.57. The highest BCUT2D eigenvalue weighted by Gasteiger charge is 2.27. The predicted molar refractivity (Wildman–Crippen MR) is 55.7 cm³/mol. The first-order valence-electron chi connectivity index (χ1n) is 5.17. The number of hydrogen-bond donors (Lipinski definition) is 0. The molecule has 0 bridgehead atoms. The smallest absolute Gasteiger partial charge is 0.358 e. The monoisotopic (exact) mass is 208 g/mol. The topological polar surface area (TPSA) is 44.1 Å². The third-order valence-electron chi connectivity index (χ3n) is 2.92. The van der Waals surface area contributed by atoms with Crippen LogP contribution in [0.25, 0.3) is 0 Å². The summed E-state index contributed by atoms with van der Waals surface area (Å²) in [6, 6.07) is 1.84. The molecule has 2 rings (SSSR count). The third-order valence-corrected chi connectivity index (χ3v) is 2.92. The number of esters is 1. The fourth-order valence-electron chi connectivity index (χ4n) is 1.98. The average Bonchev–Trinajstić information content (AvgIpc) is 2.57. The third kappa shape index (κ3) is 1.89. The zero-order valence-corrected chi connectivity index (χ0v) is 9.41. The van der Waals surface area contributed by atoms with Gasteiger partial charge in [-0.3, -0.25) is 4.68 Å². The molecule has 0 atom stereocenters. The van der Waals surface area contributed by atoms with Gasteiger partial charge in [0.1, 0.15) is 0 Å². The van der Waals surface area contributed by atoms with Crippen LogP contribution >= 0.6 is 0 Å². The van der Waals surface area contributed by atoms with Gasteiger partial charge >= 0.3 is 5.97 Å². The Morgan fingerprint density at radius 1 is 1.60 bits per heavy atom. The van der Waals surface area contributed by atoms with Gasteiger partial charge in [0.05, 0.1) is 7.11 Å². The van der Waals surface area contributed by atoms with Gasteiger partial charge in [0.25, 0.3) is 0 Å². The standard InChI is InChI=1S/C11H16N2O2/c1-11(2)4-5-13-8(7-11)6-9(12-13)10(14)15-3/h6H,4-5,7H2,1-3H3. The van der Waals surface area contributed by atoms with Crippen LogP contribution in [0.5, 0.6) is 0 Å². The second kappa shape index (κ2) is 3.36. The molecule has 4 heteroatoms. The van der Waals surface area contributed by atoms with Crippen molar-refractivity contribution in [1.29, 1.82) is 0 Å². The zero-order chi connectivity index (χ0) is 11.1. The zero-order valence-electron chi connectivity index (χ0n) is 9.41. The predicted octanol–water partition coefficient (Wildman–Crippen LogP) is 1.64. The van der Waals surface area contributed by atoms with E-state index in [1.54, 1.807) is 0 Å². The van der Waals surface area contributed by atoms with Gasteiger partial charge in [-0.2, -0.15) is 5.10 Å². The highest BCUT2D eigenvalue weighted by molar-refractivity contribution is 5.87. The molecule has 0 saturated heterocycles. The van der Waals surface area contributed by atoms with Gasteiger partial charge in [-0.05, 0) is 24.3 Å². The molecule has 0 fully saturated rings. The molecule has 0 unspecified atom stereocenters. The van der Waals surface area contributed by atoms with E-state index in [9.17, 15) is 4.79 Å². The molecule has 0 aromatic carbocycles. The fraction of sp³-hybridized carbons (Fsp3) is 0.636. The molecule has 2 heterocycles. The highest BCUT2D eigenvalue weighted by atomic mass is 16.5. The second-order valence-corrected chi connectivity index (χ2v) is 4.83. The average molecular weight is 208 g/mol. The quantitative estimate of drug-likeness (QED) is 0.659. The Balaban J connectivity index is 2.29. The van der Waals surface area contributed by atoms with Crippen LogP contribution in [0.1, 0.15) is 36.5 Å². The Kier molecular flexibility index (Phi) is 2.29. The van der Waals surface area contributed by atoms with E-state index < -0.39 is 0 Å². The number of carbonyl (C=O) groups excluding carboxylic acids is 1. The van der Waals surface area contributed by atoms with Gasteiger partial charge in [-0.25, -0.2) is 4.79 Å². The van der Waals surface area contributed by atoms with Gasteiger partial charge in [-0.1, -0.05) is 13.8 Å². The lowest BCUT2D eigenvalue weighted by atomic mass is 9.82. The van der Waals surface area contributed by atoms with Crippen LogP contribution in [-0.4, -0.2) is 22.9 Å². The molecule has 0 amide bonds. The van der Waals surface area contributed by atoms with Crippen LogP contribution in [0, 0.1) is 5.41 Å². The van der Waals surface area contributed by atoms with Crippen LogP contribution in [-0.2, 0) is 17.7 Å². The van der Waals surface area contributed by atoms with E-state index in [0.717, 1.165) is 25.1 Å². The minimum absolute atomic E-state index is 0.309. The number of rotatable bonds is 1. The summed E-state index contributed by atoms with van der Waals surface area (Å²) >= 11 is 0. The molecular weight excluding hydrogens is 192 g/mol. The van der Waals surface area contributed by atoms with E-state index in [4.69, 9.17) is 0 Å². The Hall–Kier alpha value is -1.32. The first-order chi connectivity index (χ1) is 7.02. The molecule has 15 heavy (non-hydrogen) atoms. The van der Waals surface area contributed by atoms with Crippen LogP contribution in [0.2, 0.25) is 0 Å². The van der Waals surface area contributed by atoms with E-state index in [1.165, 1.54) is 7.11 Å². The van der Waals surface area contributed by atoms with Crippen molar-refractivity contribution in [3.63, 3.8) is 0 Å². The molecule has 0 N–H and O–H groups in total. The Morgan fingerprint density at radius 3 is 3.00 bits per heavy atom. The van der Waals surface area contributed by atoms with Gasteiger partial charge in [0.2, 0.25) is 0 Å². The second-order valence-electron chi connectivity index (χ2n) is 4.83. The van der Waals surface area contributed by atoms with E-state index >= 15 is 0 Å². The molecule has 1 aliphatic rings. The van der Waals surface area contributed by atoms with Gasteiger partial charge < -0.3 is 4.74 Å². The van der Waals surface area contributed by atoms with E-state index in [0.29, 0.717) is 11.1 Å². The van der Waals surface area contributed by atoms with Gasteiger partial charge in [0.15, 0.2) is 5.69 Å². The number of methoxy groups -OCH3 is 1. The van der Waals surface area contributed by atoms with E-state index in [-0.39, 0.29) is 5.97 Å². The van der Waals surface area contributed by atoms with Crippen LogP contribution in [0.3, 0.4) is 0 Å². The molecule has 0 spiro atoms. The molecule has 4 nitrogen and oxygen atoms in total. The number of nitrogens with zero attached hydrogens (tertiary/aromatic N) is 2. The molecule has 0 radical (unpaired) electrons. The first-order valence-corrected chi connectivity index (χ1v) is 5.17. The van der Waals surface area contributed by atoms with Crippen molar-refractivity contribution in [2.75, 3.05) is 7.11 Å². The molecule has 1 aromatic rings. The Bertz CT molecular complexity index is 393. The van der Waals surface area contributed by atoms with Gasteiger partial charge in [0, 0.05) is 12.2 Å². The summed E-state index contributed by atoms with van der Waals surface area (Å²) in [4.78, 5) is 11.3. The van der Waals surface area contributed by atoms with E-state index in [1.807, 2.05) is 10.7 Å². The van der Waals surface area contributed by atoms with Crippen LogP contribution in [0.15, 0.2) is 6.07 Å². The lowest BCUT2D eigenvalue weighted by Gasteiger charge is -2.29. The normalized spacial score (nSPS) is 18.3. The first kappa shape index (κ1) is 10.2.